The summed E-state index contributed by atoms with van der Waals surface area (Å²) in [5.41, 5.74) is 1.41. The van der Waals surface area contributed by atoms with Crippen LogP contribution in [0, 0.1) is 50.2 Å². The van der Waals surface area contributed by atoms with Gasteiger partial charge in [0.05, 0.1) is 10.8 Å². The molecular formula is C51H75NO6S2. The van der Waals surface area contributed by atoms with Crippen LogP contribution in [0.15, 0.2) is 42.0 Å². The molecule has 0 radical (unpaired) electrons. The first kappa shape index (κ1) is 45.8. The highest BCUT2D eigenvalue weighted by Gasteiger charge is 2.70. The maximum Gasteiger partial charge on any atom is 0.313 e. The minimum Gasteiger partial charge on any atom is -0.465 e. The second-order valence-electron chi connectivity index (χ2n) is 21.7. The lowest BCUT2D eigenvalue weighted by molar-refractivity contribution is -0.198. The van der Waals surface area contributed by atoms with Crippen molar-refractivity contribution in [1.82, 2.24) is 5.32 Å². The minimum absolute atomic E-state index is 0.00771. The smallest absolute Gasteiger partial charge is 0.313 e. The van der Waals surface area contributed by atoms with Crippen molar-refractivity contribution in [3.8, 4) is 0 Å². The fraction of sp³-hybridized carbons (Fsp3) is 0.765. The lowest BCUT2D eigenvalue weighted by atomic mass is 9.33. The number of nitrogens with one attached hydrogen (secondary N) is 1. The van der Waals surface area contributed by atoms with Crippen molar-refractivity contribution in [3.63, 3.8) is 0 Å². The van der Waals surface area contributed by atoms with E-state index in [1.807, 2.05) is 51.9 Å². The zero-order valence-electron chi connectivity index (χ0n) is 37.8. The van der Waals surface area contributed by atoms with Gasteiger partial charge in [0.2, 0.25) is 5.91 Å². The Hall–Kier alpha value is -2.26. The van der Waals surface area contributed by atoms with E-state index in [0.29, 0.717) is 38.3 Å². The van der Waals surface area contributed by atoms with Gasteiger partial charge in [-0.1, -0.05) is 111 Å². The lowest BCUT2D eigenvalue weighted by Gasteiger charge is -2.70. The first-order chi connectivity index (χ1) is 28.6. The molecule has 1 amide bonds. The molecule has 5 aliphatic carbocycles. The standard InChI is InChI=1S/C51H75NO6S2/c1-46(2)27-29-51(45(56)57-34-36-15-9-7-10-16-36)30-28-49(5)38(39(51)33-46)20-21-41-47(3)25-23-42(53)48(4,40(47)22-26-50(41,49)6)35-58-44(55)19-11-8-14-31-52-43(54)18-13-12-17-37-24-32-59-60-37/h7,9-10,15-16,20,37,39-41H,8,11-14,17-19,21-35H2,1-6H3,(H,52,54)/t37-,39+,40-,41-,47+,48+,49-,50-,51+/m1/s1. The summed E-state index contributed by atoms with van der Waals surface area (Å²) in [7, 11) is 3.98. The van der Waals surface area contributed by atoms with Gasteiger partial charge in [-0.05, 0) is 142 Å². The number of ketones is 1. The van der Waals surface area contributed by atoms with Crippen LogP contribution < -0.4 is 5.32 Å². The van der Waals surface area contributed by atoms with Gasteiger partial charge < -0.3 is 14.8 Å². The van der Waals surface area contributed by atoms with Crippen LogP contribution in [0.1, 0.15) is 169 Å². The van der Waals surface area contributed by atoms with Crippen molar-refractivity contribution >= 4 is 45.2 Å². The number of carbonyl (C=O) groups is 4. The maximum absolute atomic E-state index is 14.4. The van der Waals surface area contributed by atoms with Crippen LogP contribution in [0.5, 0.6) is 0 Å². The topological polar surface area (TPSA) is 98.8 Å². The molecule has 60 heavy (non-hydrogen) atoms. The third-order valence-electron chi connectivity index (χ3n) is 17.6. The third-order valence-corrected chi connectivity index (χ3v) is 20.6. The highest BCUT2D eigenvalue weighted by Crippen LogP contribution is 2.75. The predicted octanol–water partition coefficient (Wildman–Crippen LogP) is 12.0. The van der Waals surface area contributed by atoms with E-state index < -0.39 is 10.8 Å². The van der Waals surface area contributed by atoms with E-state index >= 15 is 0 Å². The second kappa shape index (κ2) is 18.5. The molecule has 9 atom stereocenters. The van der Waals surface area contributed by atoms with Crippen LogP contribution in [0.3, 0.4) is 0 Å². The molecule has 6 aliphatic rings. The van der Waals surface area contributed by atoms with Gasteiger partial charge in [0.25, 0.3) is 0 Å². The molecule has 0 unspecified atom stereocenters. The Labute approximate surface area is 369 Å². The number of hydrogen-bond donors (Lipinski definition) is 1. The Bertz CT molecular complexity index is 1760. The number of ether oxygens (including phenoxy) is 2. The monoisotopic (exact) mass is 862 g/mol. The molecule has 1 heterocycles. The molecule has 1 N–H and O–H groups in total. The highest BCUT2D eigenvalue weighted by molar-refractivity contribution is 8.77. The average molecular weight is 862 g/mol. The van der Waals surface area contributed by atoms with Gasteiger partial charge in [-0.3, -0.25) is 19.2 Å². The molecule has 1 saturated heterocycles. The summed E-state index contributed by atoms with van der Waals surface area (Å²) >= 11 is 0. The Kier molecular flexibility index (Phi) is 14.1. The zero-order valence-corrected chi connectivity index (χ0v) is 39.4. The average Bonchev–Trinajstić information content (AvgIpc) is 3.75. The Morgan fingerprint density at radius 3 is 2.35 bits per heavy atom. The first-order valence-corrected chi connectivity index (χ1v) is 26.1. The summed E-state index contributed by atoms with van der Waals surface area (Å²) in [6.45, 7) is 15.5. The van der Waals surface area contributed by atoms with E-state index in [4.69, 9.17) is 9.47 Å². The van der Waals surface area contributed by atoms with Crippen molar-refractivity contribution in [2.45, 2.75) is 175 Å². The van der Waals surface area contributed by atoms with Crippen LogP contribution in [-0.4, -0.2) is 47.8 Å². The van der Waals surface area contributed by atoms with Gasteiger partial charge in [-0.15, -0.1) is 0 Å². The van der Waals surface area contributed by atoms with E-state index in [0.717, 1.165) is 101 Å². The van der Waals surface area contributed by atoms with E-state index in [-0.39, 0.29) is 63.7 Å². The molecule has 9 heteroatoms. The second-order valence-corrected chi connectivity index (χ2v) is 24.5. The van der Waals surface area contributed by atoms with Crippen molar-refractivity contribution < 1.29 is 28.7 Å². The summed E-state index contributed by atoms with van der Waals surface area (Å²) in [6, 6.07) is 10.1. The number of rotatable bonds is 16. The number of carbonyl (C=O) groups excluding carboxylic acids is 4. The van der Waals surface area contributed by atoms with Crippen LogP contribution in [0.2, 0.25) is 0 Å². The van der Waals surface area contributed by atoms with Gasteiger partial charge in [0.15, 0.2) is 0 Å². The number of unbranched alkanes of at least 4 members (excludes halogenated alkanes) is 3. The van der Waals surface area contributed by atoms with Crippen molar-refractivity contribution in [3.05, 3.63) is 47.5 Å². The molecule has 1 aliphatic heterocycles. The molecule has 7 nitrogen and oxygen atoms in total. The molecule has 1 aromatic rings. The SMILES string of the molecule is CC1(C)CC[C@]2(C(=O)OCc3ccccc3)CC[C@]3(C)C(=CC[C@@H]4[C@@]5(C)CCC(=O)[C@@](C)(COC(=O)CCCCCNC(=O)CCCC[C@@H]6CCSS6)[C@@H]5CC[C@]43C)[C@@H]2C1. The quantitative estimate of drug-likeness (QED) is 0.0759. The maximum atomic E-state index is 14.4. The Morgan fingerprint density at radius 1 is 0.817 bits per heavy atom. The summed E-state index contributed by atoms with van der Waals surface area (Å²) in [6.07, 6.45) is 19.6. The molecule has 0 bridgehead atoms. The van der Waals surface area contributed by atoms with Gasteiger partial charge in [0.1, 0.15) is 19.0 Å². The van der Waals surface area contributed by atoms with E-state index in [1.165, 1.54) is 24.2 Å². The molecule has 7 rings (SSSR count). The Balaban J connectivity index is 0.953. The molecule has 4 saturated carbocycles. The van der Waals surface area contributed by atoms with E-state index in [2.05, 4.69) is 52.9 Å². The summed E-state index contributed by atoms with van der Waals surface area (Å²) in [5.74, 6) is 2.11. The normalized spacial score (nSPS) is 36.8. The largest absolute Gasteiger partial charge is 0.465 e. The number of esters is 2. The van der Waals surface area contributed by atoms with Crippen LogP contribution >= 0.6 is 21.6 Å². The van der Waals surface area contributed by atoms with Gasteiger partial charge in [0, 0.05) is 36.8 Å². The summed E-state index contributed by atoms with van der Waals surface area (Å²) < 4.78 is 12.2. The van der Waals surface area contributed by atoms with Crippen LogP contribution in [0.25, 0.3) is 0 Å². The number of hydrogen-bond acceptors (Lipinski definition) is 8. The molecular weight excluding hydrogens is 787 g/mol. The van der Waals surface area contributed by atoms with E-state index in [9.17, 15) is 19.2 Å². The lowest BCUT2D eigenvalue weighted by Crippen LogP contribution is -2.65. The number of fused-ring (bicyclic) bond motifs is 7. The predicted molar refractivity (Wildman–Crippen MR) is 244 cm³/mol. The molecule has 5 fully saturated rings. The molecule has 1 aromatic carbocycles. The summed E-state index contributed by atoms with van der Waals surface area (Å²) in [4.78, 5) is 53.8. The zero-order chi connectivity index (χ0) is 42.8. The fourth-order valence-electron chi connectivity index (χ4n) is 13.7. The minimum atomic E-state index is -0.703. The number of benzene rings is 1. The number of Topliss-reactive ketones (excluding diaryl/α,β-unsaturated/α-hetero) is 1. The Morgan fingerprint density at radius 2 is 1.58 bits per heavy atom. The van der Waals surface area contributed by atoms with Gasteiger partial charge in [-0.2, -0.15) is 0 Å². The van der Waals surface area contributed by atoms with Gasteiger partial charge >= 0.3 is 11.9 Å². The number of amides is 1. The van der Waals surface area contributed by atoms with Crippen LogP contribution in [-0.2, 0) is 35.3 Å². The highest BCUT2D eigenvalue weighted by atomic mass is 33.1. The number of allylic oxidation sites excluding steroid dienone is 2. The fourth-order valence-corrected chi connectivity index (χ4v) is 16.7. The molecule has 332 valence electrons. The van der Waals surface area contributed by atoms with Crippen LogP contribution in [0.4, 0.5) is 0 Å². The summed E-state index contributed by atoms with van der Waals surface area (Å²) in [5, 5.41) is 3.82. The van der Waals surface area contributed by atoms with E-state index in [1.54, 1.807) is 0 Å². The van der Waals surface area contributed by atoms with Crippen molar-refractivity contribution in [1.29, 1.82) is 0 Å². The van der Waals surface area contributed by atoms with Gasteiger partial charge in [-0.25, -0.2) is 0 Å². The van der Waals surface area contributed by atoms with Crippen molar-refractivity contribution in [2.75, 3.05) is 18.9 Å². The third kappa shape index (κ3) is 8.93. The van der Waals surface area contributed by atoms with Crippen molar-refractivity contribution in [2.24, 2.45) is 50.2 Å². The molecule has 0 spiro atoms. The first-order valence-electron chi connectivity index (χ1n) is 23.7. The molecule has 0 aromatic heterocycles.